The molecule has 3 aromatic carbocycles. The summed E-state index contributed by atoms with van der Waals surface area (Å²) in [4.78, 5) is 14.7. The maximum Gasteiger partial charge on any atom is 0.253 e. The van der Waals surface area contributed by atoms with Crippen molar-refractivity contribution in [2.45, 2.75) is 6.92 Å². The van der Waals surface area contributed by atoms with E-state index in [-0.39, 0.29) is 12.7 Å². The van der Waals surface area contributed by atoms with Gasteiger partial charge in [-0.1, -0.05) is 24.3 Å². The molecule has 0 bridgehead atoms. The lowest BCUT2D eigenvalue weighted by atomic mass is 9.99. The highest BCUT2D eigenvalue weighted by Gasteiger charge is 2.15. The first kappa shape index (κ1) is 18.3. The summed E-state index contributed by atoms with van der Waals surface area (Å²) in [5.41, 5.74) is 2.91. The molecule has 0 spiro atoms. The van der Waals surface area contributed by atoms with Gasteiger partial charge in [0.25, 0.3) is 5.91 Å². The van der Waals surface area contributed by atoms with Crippen LogP contribution in [-0.2, 0) is 0 Å². The van der Waals surface area contributed by atoms with Gasteiger partial charge in [0, 0.05) is 25.2 Å². The monoisotopic (exact) mass is 376 g/mol. The molecule has 144 valence electrons. The minimum atomic E-state index is 0.0690. The highest BCUT2D eigenvalue weighted by atomic mass is 16.7. The minimum Gasteiger partial charge on any atom is -0.454 e. The topological polar surface area (TPSA) is 50.8 Å². The lowest BCUT2D eigenvalue weighted by Gasteiger charge is -2.21. The summed E-state index contributed by atoms with van der Waals surface area (Å²) in [5, 5.41) is 5.25. The second-order valence-corrected chi connectivity index (χ2v) is 6.83. The minimum absolute atomic E-state index is 0.0690. The van der Waals surface area contributed by atoms with Crippen molar-refractivity contribution in [2.24, 2.45) is 0 Å². The molecule has 28 heavy (non-hydrogen) atoms. The Morgan fingerprint density at radius 1 is 0.964 bits per heavy atom. The fourth-order valence-corrected chi connectivity index (χ4v) is 3.47. The Morgan fingerprint density at radius 2 is 1.68 bits per heavy atom. The van der Waals surface area contributed by atoms with E-state index in [0.717, 1.165) is 45.5 Å². The summed E-state index contributed by atoms with van der Waals surface area (Å²) < 4.78 is 10.9. The van der Waals surface area contributed by atoms with Crippen LogP contribution in [0.5, 0.6) is 11.5 Å². The van der Waals surface area contributed by atoms with Gasteiger partial charge in [-0.25, -0.2) is 0 Å². The van der Waals surface area contributed by atoms with Gasteiger partial charge in [-0.15, -0.1) is 0 Å². The van der Waals surface area contributed by atoms with Crippen LogP contribution >= 0.6 is 0 Å². The molecule has 0 saturated heterocycles. The second-order valence-electron chi connectivity index (χ2n) is 6.83. The number of benzene rings is 3. The van der Waals surface area contributed by atoms with Gasteiger partial charge in [0.2, 0.25) is 6.79 Å². The zero-order chi connectivity index (χ0) is 19.5. The molecule has 1 heterocycles. The normalized spacial score (nSPS) is 12.4. The summed E-state index contributed by atoms with van der Waals surface area (Å²) in [6.45, 7) is 4.46. The van der Waals surface area contributed by atoms with Gasteiger partial charge in [0.05, 0.1) is 0 Å². The van der Waals surface area contributed by atoms with Crippen molar-refractivity contribution < 1.29 is 14.3 Å². The van der Waals surface area contributed by atoms with Crippen LogP contribution in [0.4, 0.5) is 0 Å². The zero-order valence-electron chi connectivity index (χ0n) is 16.2. The van der Waals surface area contributed by atoms with Crippen LogP contribution < -0.4 is 14.8 Å². The molecule has 0 saturated carbocycles. The van der Waals surface area contributed by atoms with E-state index in [1.807, 2.05) is 55.3 Å². The number of nitrogens with one attached hydrogen (secondary N) is 1. The van der Waals surface area contributed by atoms with E-state index >= 15 is 0 Å². The number of hydrogen-bond donors (Lipinski definition) is 1. The second kappa shape index (κ2) is 7.90. The summed E-state index contributed by atoms with van der Waals surface area (Å²) in [7, 11) is 1.89. The number of rotatable bonds is 6. The van der Waals surface area contributed by atoms with Crippen LogP contribution in [0, 0.1) is 0 Å². The van der Waals surface area contributed by atoms with Crippen LogP contribution in [0.2, 0.25) is 0 Å². The van der Waals surface area contributed by atoms with Gasteiger partial charge in [-0.05, 0) is 66.2 Å². The number of nitrogens with zero attached hydrogens (tertiary/aromatic N) is 1. The molecule has 5 nitrogen and oxygen atoms in total. The summed E-state index contributed by atoms with van der Waals surface area (Å²) in [5.74, 6) is 1.63. The van der Waals surface area contributed by atoms with E-state index in [2.05, 4.69) is 23.5 Å². The van der Waals surface area contributed by atoms with Crippen LogP contribution in [0.3, 0.4) is 0 Å². The molecule has 0 fully saturated rings. The number of carbonyl (C=O) groups is 1. The van der Waals surface area contributed by atoms with Gasteiger partial charge in [0.15, 0.2) is 11.5 Å². The highest BCUT2D eigenvalue weighted by Crippen LogP contribution is 2.36. The Kier molecular flexibility index (Phi) is 5.17. The molecule has 0 atom stereocenters. The standard InChI is InChI=1S/C23H24N2O3/c1-3-25(11-10-24-2)23(26)20-7-6-16-12-17(4-5-18(16)13-20)19-8-9-21-22(14-19)28-15-27-21/h4-9,12-14,24H,3,10-11,15H2,1-2H3. The number of fused-ring (bicyclic) bond motifs is 2. The molecule has 3 aromatic rings. The average molecular weight is 376 g/mol. The van der Waals surface area contributed by atoms with Crippen molar-refractivity contribution in [1.29, 1.82) is 0 Å². The van der Waals surface area contributed by atoms with E-state index in [0.29, 0.717) is 13.1 Å². The molecule has 1 amide bonds. The molecule has 0 aromatic heterocycles. The van der Waals surface area contributed by atoms with Crippen molar-refractivity contribution in [2.75, 3.05) is 33.5 Å². The Labute approximate surface area is 164 Å². The number of amides is 1. The van der Waals surface area contributed by atoms with Crippen molar-refractivity contribution >= 4 is 16.7 Å². The van der Waals surface area contributed by atoms with Crippen molar-refractivity contribution in [3.63, 3.8) is 0 Å². The molecule has 0 radical (unpaired) electrons. The quantitative estimate of drug-likeness (QED) is 0.709. The molecule has 1 aliphatic heterocycles. The van der Waals surface area contributed by atoms with Gasteiger partial charge in [0.1, 0.15) is 0 Å². The SMILES string of the molecule is CCN(CCNC)C(=O)c1ccc2cc(-c3ccc4c(c3)OCO4)ccc2c1. The Morgan fingerprint density at radius 3 is 2.50 bits per heavy atom. The van der Waals surface area contributed by atoms with E-state index in [1.165, 1.54) is 0 Å². The maximum atomic E-state index is 12.8. The highest BCUT2D eigenvalue weighted by molar-refractivity contribution is 5.99. The third kappa shape index (κ3) is 3.53. The van der Waals surface area contributed by atoms with Gasteiger partial charge < -0.3 is 19.7 Å². The van der Waals surface area contributed by atoms with E-state index in [9.17, 15) is 4.79 Å². The smallest absolute Gasteiger partial charge is 0.253 e. The predicted molar refractivity (Wildman–Crippen MR) is 111 cm³/mol. The Hall–Kier alpha value is -3.05. The third-order valence-corrected chi connectivity index (χ3v) is 5.09. The first-order valence-electron chi connectivity index (χ1n) is 9.57. The lowest BCUT2D eigenvalue weighted by molar-refractivity contribution is 0.0766. The number of carbonyl (C=O) groups excluding carboxylic acids is 1. The molecule has 5 heteroatoms. The first-order valence-corrected chi connectivity index (χ1v) is 9.57. The average Bonchev–Trinajstić information content (AvgIpc) is 3.21. The van der Waals surface area contributed by atoms with E-state index < -0.39 is 0 Å². The Bertz CT molecular complexity index is 1020. The van der Waals surface area contributed by atoms with E-state index in [1.54, 1.807) is 0 Å². The van der Waals surface area contributed by atoms with Crippen molar-refractivity contribution in [3.05, 3.63) is 60.2 Å². The summed E-state index contributed by atoms with van der Waals surface area (Å²) >= 11 is 0. The van der Waals surface area contributed by atoms with Crippen LogP contribution in [0.25, 0.3) is 21.9 Å². The van der Waals surface area contributed by atoms with Gasteiger partial charge in [-0.3, -0.25) is 4.79 Å². The van der Waals surface area contributed by atoms with Crippen molar-refractivity contribution in [1.82, 2.24) is 10.2 Å². The molecular formula is C23H24N2O3. The van der Waals surface area contributed by atoms with Gasteiger partial charge >= 0.3 is 0 Å². The molecule has 1 N–H and O–H groups in total. The first-order chi connectivity index (χ1) is 13.7. The fourth-order valence-electron chi connectivity index (χ4n) is 3.47. The zero-order valence-corrected chi connectivity index (χ0v) is 16.2. The lowest BCUT2D eigenvalue weighted by Crippen LogP contribution is -2.35. The molecule has 0 aliphatic carbocycles. The maximum absolute atomic E-state index is 12.8. The van der Waals surface area contributed by atoms with Crippen LogP contribution in [-0.4, -0.2) is 44.3 Å². The number of likely N-dealkylation sites (N-methyl/N-ethyl adjacent to an activating group) is 2. The fraction of sp³-hybridized carbons (Fsp3) is 0.261. The number of hydrogen-bond acceptors (Lipinski definition) is 4. The van der Waals surface area contributed by atoms with Gasteiger partial charge in [-0.2, -0.15) is 0 Å². The third-order valence-electron chi connectivity index (χ3n) is 5.09. The summed E-state index contributed by atoms with van der Waals surface area (Å²) in [6.07, 6.45) is 0. The molecule has 0 unspecified atom stereocenters. The molecule has 4 rings (SSSR count). The Balaban J connectivity index is 1.61. The van der Waals surface area contributed by atoms with Crippen molar-refractivity contribution in [3.8, 4) is 22.6 Å². The summed E-state index contributed by atoms with van der Waals surface area (Å²) in [6, 6.07) is 18.2. The van der Waals surface area contributed by atoms with Crippen LogP contribution in [0.15, 0.2) is 54.6 Å². The molecular weight excluding hydrogens is 352 g/mol. The largest absolute Gasteiger partial charge is 0.454 e. The number of ether oxygens (including phenoxy) is 2. The predicted octanol–water partition coefficient (Wildman–Crippen LogP) is 3.92. The molecule has 1 aliphatic rings. The van der Waals surface area contributed by atoms with E-state index in [4.69, 9.17) is 9.47 Å². The van der Waals surface area contributed by atoms with Crippen LogP contribution in [0.1, 0.15) is 17.3 Å².